The highest BCUT2D eigenvalue weighted by Gasteiger charge is 2.22. The molecule has 8 N–H and O–H groups in total. The lowest BCUT2D eigenvalue weighted by Crippen LogP contribution is -2.16. The Morgan fingerprint density at radius 2 is 1.11 bits per heavy atom. The molecule has 284 valence electrons. The number of hydrogen-bond acceptors (Lipinski definition) is 6. The van der Waals surface area contributed by atoms with Crippen LogP contribution in [0.25, 0.3) is 44.6 Å². The molecule has 0 fully saturated rings. The number of phenols is 2. The van der Waals surface area contributed by atoms with Crippen LogP contribution in [0.1, 0.15) is 54.5 Å². The molecule has 9 nitrogen and oxygen atoms in total. The normalized spacial score (nSPS) is 11.7. The molecule has 1 aromatic heterocycles. The van der Waals surface area contributed by atoms with Crippen LogP contribution in [-0.4, -0.2) is 36.9 Å². The van der Waals surface area contributed by atoms with E-state index in [1.165, 1.54) is 12.1 Å². The Hall–Kier alpha value is -6.62. The molecule has 0 aliphatic heterocycles. The molecule has 55 heavy (non-hydrogen) atoms. The Kier molecular flexibility index (Phi) is 12.6. The number of phenolic OH excluding ortho intramolecular Hbond substituents is 2. The molecule has 11 heteroatoms. The number of aromatic hydroxyl groups is 2. The van der Waals surface area contributed by atoms with Gasteiger partial charge in [-0.25, -0.2) is 8.78 Å². The first-order valence-corrected chi connectivity index (χ1v) is 17.9. The molecule has 0 aliphatic rings. The second-order valence-electron chi connectivity index (χ2n) is 13.3. The van der Waals surface area contributed by atoms with E-state index in [0.717, 1.165) is 83.0 Å². The van der Waals surface area contributed by atoms with Crippen LogP contribution < -0.4 is 11.5 Å². The van der Waals surface area contributed by atoms with Gasteiger partial charge in [0, 0.05) is 41.1 Å². The SMILES string of the molecule is CCCc1cc(C(N)=NO)c(-c2c(C)ccn2C)c(-c2ccc(O)cc2)c1.CCCc1cc(C(N)=NO)c(-c2cc(F)ccc2F)c(-c2ccc(O)cc2)c1. The van der Waals surface area contributed by atoms with Crippen molar-refractivity contribution in [1.82, 2.24) is 4.57 Å². The van der Waals surface area contributed by atoms with Crippen LogP contribution in [0.15, 0.2) is 114 Å². The summed E-state index contributed by atoms with van der Waals surface area (Å²) in [7, 11) is 1.99. The Bertz CT molecular complexity index is 2330. The number of amidine groups is 2. The monoisotopic (exact) mass is 745 g/mol. The number of halogens is 2. The van der Waals surface area contributed by atoms with Crippen molar-refractivity contribution in [2.45, 2.75) is 46.5 Å². The fourth-order valence-electron chi connectivity index (χ4n) is 6.78. The van der Waals surface area contributed by atoms with Crippen LogP contribution in [0, 0.1) is 18.6 Å². The highest BCUT2D eigenvalue weighted by Crippen LogP contribution is 2.40. The van der Waals surface area contributed by atoms with Gasteiger partial charge in [-0.15, -0.1) is 0 Å². The van der Waals surface area contributed by atoms with E-state index in [9.17, 15) is 29.4 Å². The highest BCUT2D eigenvalue weighted by molar-refractivity contribution is 6.08. The Morgan fingerprint density at radius 1 is 0.636 bits per heavy atom. The topological polar surface area (TPSA) is 163 Å². The minimum absolute atomic E-state index is 0.00715. The van der Waals surface area contributed by atoms with Gasteiger partial charge in [0.15, 0.2) is 11.7 Å². The molecule has 0 unspecified atom stereocenters. The van der Waals surface area contributed by atoms with E-state index in [0.29, 0.717) is 27.8 Å². The minimum Gasteiger partial charge on any atom is -0.508 e. The van der Waals surface area contributed by atoms with Crippen molar-refractivity contribution in [3.8, 4) is 56.1 Å². The summed E-state index contributed by atoms with van der Waals surface area (Å²) in [5.41, 5.74) is 21.6. The number of oxime groups is 2. The van der Waals surface area contributed by atoms with Gasteiger partial charge >= 0.3 is 0 Å². The lowest BCUT2D eigenvalue weighted by atomic mass is 9.87. The summed E-state index contributed by atoms with van der Waals surface area (Å²) in [6, 6.07) is 26.5. The Morgan fingerprint density at radius 3 is 1.55 bits per heavy atom. The van der Waals surface area contributed by atoms with Gasteiger partial charge in [0.05, 0.1) is 5.69 Å². The molecule has 0 radical (unpaired) electrons. The van der Waals surface area contributed by atoms with Gasteiger partial charge in [-0.2, -0.15) is 0 Å². The van der Waals surface area contributed by atoms with E-state index in [1.54, 1.807) is 30.3 Å². The third kappa shape index (κ3) is 8.79. The molecular formula is C44H45F2N5O4. The van der Waals surface area contributed by atoms with E-state index >= 15 is 0 Å². The Balaban J connectivity index is 0.000000211. The zero-order chi connectivity index (χ0) is 39.8. The summed E-state index contributed by atoms with van der Waals surface area (Å²) in [4.78, 5) is 0. The quantitative estimate of drug-likeness (QED) is 0.0354. The fraction of sp³-hybridized carbons (Fsp3) is 0.182. The summed E-state index contributed by atoms with van der Waals surface area (Å²) in [5, 5.41) is 44.3. The molecular weight excluding hydrogens is 701 g/mol. The highest BCUT2D eigenvalue weighted by atomic mass is 19.1. The standard InChI is InChI=1S/C22H20F2N2O2.C22H25N3O2/c1-2-3-13-10-17(14-4-7-16(27)8-5-14)21(19(11-13)22(25)26-28)18-12-15(23)6-9-20(18)24;1-4-5-15-12-18(16-6-8-17(26)9-7-16)20(19(13-15)22(23)24-27)21-14(2)10-11-25(21)3/h4-12,27-28H,2-3H2,1H3,(H2,25,26);6-13,26-27H,4-5H2,1-3H3,(H2,23,24). The van der Waals surface area contributed by atoms with Crippen molar-refractivity contribution >= 4 is 11.7 Å². The molecule has 5 aromatic carbocycles. The van der Waals surface area contributed by atoms with E-state index in [-0.39, 0.29) is 28.7 Å². The first kappa shape index (κ1) is 39.6. The smallest absolute Gasteiger partial charge is 0.170 e. The first-order chi connectivity index (χ1) is 26.4. The van der Waals surface area contributed by atoms with Gasteiger partial charge in [0.1, 0.15) is 23.1 Å². The van der Waals surface area contributed by atoms with Crippen molar-refractivity contribution in [1.29, 1.82) is 0 Å². The van der Waals surface area contributed by atoms with Gasteiger partial charge < -0.3 is 36.7 Å². The largest absolute Gasteiger partial charge is 0.508 e. The number of nitrogens with two attached hydrogens (primary N) is 2. The second-order valence-corrected chi connectivity index (χ2v) is 13.3. The van der Waals surface area contributed by atoms with Crippen LogP contribution in [0.5, 0.6) is 11.5 Å². The Labute approximate surface area is 319 Å². The first-order valence-electron chi connectivity index (χ1n) is 17.9. The number of aromatic nitrogens is 1. The van der Waals surface area contributed by atoms with Crippen molar-refractivity contribution in [3.05, 3.63) is 143 Å². The molecule has 0 saturated carbocycles. The van der Waals surface area contributed by atoms with E-state index < -0.39 is 11.6 Å². The zero-order valence-corrected chi connectivity index (χ0v) is 31.2. The molecule has 0 saturated heterocycles. The molecule has 0 aliphatic carbocycles. The average molecular weight is 746 g/mol. The van der Waals surface area contributed by atoms with E-state index in [4.69, 9.17) is 11.5 Å². The van der Waals surface area contributed by atoms with Crippen LogP contribution >= 0.6 is 0 Å². The van der Waals surface area contributed by atoms with Crippen LogP contribution in [-0.2, 0) is 19.9 Å². The average Bonchev–Trinajstić information content (AvgIpc) is 3.52. The summed E-state index contributed by atoms with van der Waals surface area (Å²) in [5.74, 6) is -1.03. The lowest BCUT2D eigenvalue weighted by Gasteiger charge is -2.19. The lowest BCUT2D eigenvalue weighted by molar-refractivity contribution is 0.318. The predicted octanol–water partition coefficient (Wildman–Crippen LogP) is 9.47. The van der Waals surface area contributed by atoms with Crippen LogP contribution in [0.2, 0.25) is 0 Å². The maximum Gasteiger partial charge on any atom is 0.170 e. The van der Waals surface area contributed by atoms with Crippen LogP contribution in [0.4, 0.5) is 8.78 Å². The van der Waals surface area contributed by atoms with Crippen molar-refractivity contribution in [2.24, 2.45) is 28.8 Å². The van der Waals surface area contributed by atoms with Gasteiger partial charge in [-0.1, -0.05) is 73.4 Å². The third-order valence-electron chi connectivity index (χ3n) is 9.31. The molecule has 0 atom stereocenters. The third-order valence-corrected chi connectivity index (χ3v) is 9.31. The number of nitrogens with zero attached hydrogens (tertiary/aromatic N) is 3. The van der Waals surface area contributed by atoms with Gasteiger partial charge in [0.25, 0.3) is 0 Å². The number of hydrogen-bond donors (Lipinski definition) is 6. The molecule has 0 spiro atoms. The maximum absolute atomic E-state index is 14.7. The van der Waals surface area contributed by atoms with Crippen molar-refractivity contribution in [3.63, 3.8) is 0 Å². The van der Waals surface area contributed by atoms with Gasteiger partial charge in [-0.05, 0) is 119 Å². The zero-order valence-electron chi connectivity index (χ0n) is 31.2. The molecule has 6 rings (SSSR count). The summed E-state index contributed by atoms with van der Waals surface area (Å²) >= 11 is 0. The van der Waals surface area contributed by atoms with Crippen molar-refractivity contribution in [2.75, 3.05) is 0 Å². The fourth-order valence-corrected chi connectivity index (χ4v) is 6.78. The maximum atomic E-state index is 14.7. The predicted molar refractivity (Wildman–Crippen MR) is 215 cm³/mol. The summed E-state index contributed by atoms with van der Waals surface area (Å²) in [6.45, 7) is 6.19. The number of benzene rings is 5. The number of aryl methyl sites for hydroxylation is 4. The summed E-state index contributed by atoms with van der Waals surface area (Å²) < 4.78 is 30.6. The molecule has 0 bridgehead atoms. The number of rotatable bonds is 10. The molecule has 0 amide bonds. The minimum atomic E-state index is -0.628. The van der Waals surface area contributed by atoms with E-state index in [2.05, 4.69) is 23.3 Å². The molecule has 6 aromatic rings. The molecule has 1 heterocycles. The van der Waals surface area contributed by atoms with Crippen LogP contribution in [0.3, 0.4) is 0 Å². The second kappa shape index (κ2) is 17.5. The van der Waals surface area contributed by atoms with Crippen molar-refractivity contribution < 1.29 is 29.4 Å². The van der Waals surface area contributed by atoms with Gasteiger partial charge in [-0.3, -0.25) is 0 Å². The van der Waals surface area contributed by atoms with E-state index in [1.807, 2.05) is 62.0 Å². The summed E-state index contributed by atoms with van der Waals surface area (Å²) in [6.07, 6.45) is 5.47. The van der Waals surface area contributed by atoms with Gasteiger partial charge in [0.2, 0.25) is 0 Å².